The Morgan fingerprint density at radius 3 is 2.38 bits per heavy atom. The average Bonchev–Trinajstić information content (AvgIpc) is 2.15. The van der Waals surface area contributed by atoms with Crippen molar-refractivity contribution < 1.29 is 14.3 Å². The highest BCUT2D eigenvalue weighted by Crippen LogP contribution is 2.22. The van der Waals surface area contributed by atoms with Gasteiger partial charge >= 0.3 is 5.97 Å². The quantitative estimate of drug-likeness (QED) is 0.735. The zero-order valence-corrected chi connectivity index (χ0v) is 10.2. The average molecular weight is 222 g/mol. The third-order valence-corrected chi connectivity index (χ3v) is 2.24. The van der Waals surface area contributed by atoms with Crippen LogP contribution in [-0.2, 0) is 9.53 Å². The molecule has 0 aliphatic heterocycles. The Kier molecular flexibility index (Phi) is 4.35. The summed E-state index contributed by atoms with van der Waals surface area (Å²) < 4.78 is 10.6. The molecular formula is C13H18O3. The maximum Gasteiger partial charge on any atom is 0.303 e. The van der Waals surface area contributed by atoms with E-state index in [9.17, 15) is 4.79 Å². The van der Waals surface area contributed by atoms with Gasteiger partial charge in [-0.15, -0.1) is 0 Å². The molecule has 0 aromatic heterocycles. The molecule has 0 bridgehead atoms. The maximum absolute atomic E-state index is 10.7. The van der Waals surface area contributed by atoms with Gasteiger partial charge in [0.05, 0.1) is 0 Å². The molecule has 0 heterocycles. The summed E-state index contributed by atoms with van der Waals surface area (Å²) in [6.07, 6.45) is -0.225. The van der Waals surface area contributed by atoms with E-state index in [4.69, 9.17) is 9.47 Å². The first-order chi connectivity index (χ1) is 7.50. The summed E-state index contributed by atoms with van der Waals surface area (Å²) in [4.78, 5) is 10.7. The lowest BCUT2D eigenvalue weighted by Gasteiger charge is -2.16. The van der Waals surface area contributed by atoms with Gasteiger partial charge in [-0.05, 0) is 31.9 Å². The molecule has 0 saturated heterocycles. The molecule has 0 spiro atoms. The second kappa shape index (κ2) is 5.54. The Morgan fingerprint density at radius 2 is 1.88 bits per heavy atom. The predicted molar refractivity (Wildman–Crippen MR) is 62.6 cm³/mol. The Morgan fingerprint density at radius 1 is 1.31 bits per heavy atom. The van der Waals surface area contributed by atoms with E-state index in [2.05, 4.69) is 0 Å². The first-order valence-corrected chi connectivity index (χ1v) is 5.37. The lowest BCUT2D eigenvalue weighted by molar-refractivity contribution is -0.146. The molecule has 0 amide bonds. The molecule has 1 unspecified atom stereocenters. The summed E-state index contributed by atoms with van der Waals surface area (Å²) >= 11 is 0. The highest BCUT2D eigenvalue weighted by atomic mass is 16.6. The minimum absolute atomic E-state index is 0.225. The van der Waals surface area contributed by atoms with Crippen LogP contribution < -0.4 is 4.74 Å². The van der Waals surface area contributed by atoms with E-state index in [-0.39, 0.29) is 12.1 Å². The molecule has 16 heavy (non-hydrogen) atoms. The van der Waals surface area contributed by atoms with Crippen molar-refractivity contribution >= 4 is 5.97 Å². The van der Waals surface area contributed by atoms with Gasteiger partial charge in [0.1, 0.15) is 18.5 Å². The third kappa shape index (κ3) is 3.57. The number of hydrogen-bond donors (Lipinski definition) is 0. The largest absolute Gasteiger partial charge is 0.489 e. The van der Waals surface area contributed by atoms with E-state index in [1.54, 1.807) is 0 Å². The van der Waals surface area contributed by atoms with Gasteiger partial charge in [0.25, 0.3) is 0 Å². The van der Waals surface area contributed by atoms with Crippen LogP contribution >= 0.6 is 0 Å². The Bertz CT molecular complexity index is 351. The third-order valence-electron chi connectivity index (χ3n) is 2.24. The van der Waals surface area contributed by atoms with E-state index in [1.165, 1.54) is 6.92 Å². The molecule has 0 aliphatic rings. The SMILES string of the molecule is CC(=O)OC(C)COc1c(C)cccc1C. The molecule has 1 aromatic carbocycles. The van der Waals surface area contributed by atoms with E-state index in [0.29, 0.717) is 6.61 Å². The van der Waals surface area contributed by atoms with E-state index in [0.717, 1.165) is 16.9 Å². The number of aryl methyl sites for hydroxylation is 2. The van der Waals surface area contributed by atoms with Crippen LogP contribution in [0.5, 0.6) is 5.75 Å². The van der Waals surface area contributed by atoms with Gasteiger partial charge in [-0.3, -0.25) is 4.79 Å². The molecule has 1 rings (SSSR count). The first-order valence-electron chi connectivity index (χ1n) is 5.37. The lowest BCUT2D eigenvalue weighted by Crippen LogP contribution is -2.20. The fourth-order valence-electron chi connectivity index (χ4n) is 1.54. The van der Waals surface area contributed by atoms with E-state index >= 15 is 0 Å². The normalized spacial score (nSPS) is 12.0. The predicted octanol–water partition coefficient (Wildman–Crippen LogP) is 2.63. The number of hydrogen-bond acceptors (Lipinski definition) is 3. The summed E-state index contributed by atoms with van der Waals surface area (Å²) in [6, 6.07) is 5.99. The lowest BCUT2D eigenvalue weighted by atomic mass is 10.1. The van der Waals surface area contributed by atoms with Gasteiger partial charge in [-0.1, -0.05) is 18.2 Å². The monoisotopic (exact) mass is 222 g/mol. The smallest absolute Gasteiger partial charge is 0.303 e. The summed E-state index contributed by atoms with van der Waals surface area (Å²) in [6.45, 7) is 7.59. The minimum Gasteiger partial charge on any atom is -0.489 e. The maximum atomic E-state index is 10.7. The summed E-state index contributed by atoms with van der Waals surface area (Å²) in [7, 11) is 0. The summed E-state index contributed by atoms with van der Waals surface area (Å²) in [5, 5.41) is 0. The minimum atomic E-state index is -0.280. The number of ether oxygens (including phenoxy) is 2. The van der Waals surface area contributed by atoms with Crippen LogP contribution in [0.1, 0.15) is 25.0 Å². The number of benzene rings is 1. The van der Waals surface area contributed by atoms with Crippen molar-refractivity contribution in [1.82, 2.24) is 0 Å². The van der Waals surface area contributed by atoms with Gasteiger partial charge < -0.3 is 9.47 Å². The Balaban J connectivity index is 2.57. The molecule has 0 fully saturated rings. The first kappa shape index (κ1) is 12.6. The zero-order valence-electron chi connectivity index (χ0n) is 10.2. The van der Waals surface area contributed by atoms with E-state index in [1.807, 2.05) is 39.0 Å². The van der Waals surface area contributed by atoms with Crippen LogP contribution in [0.15, 0.2) is 18.2 Å². The Hall–Kier alpha value is -1.51. The summed E-state index contributed by atoms with van der Waals surface area (Å²) in [5.74, 6) is 0.596. The van der Waals surface area contributed by atoms with Gasteiger partial charge in [0.15, 0.2) is 0 Å². The van der Waals surface area contributed by atoms with E-state index < -0.39 is 0 Å². The second-order valence-corrected chi connectivity index (χ2v) is 3.95. The standard InChI is InChI=1S/C13H18O3/c1-9-6-5-7-10(2)13(9)15-8-11(3)16-12(4)14/h5-7,11H,8H2,1-4H3. The van der Waals surface area contributed by atoms with Crippen LogP contribution in [0.25, 0.3) is 0 Å². The second-order valence-electron chi connectivity index (χ2n) is 3.95. The zero-order chi connectivity index (χ0) is 12.1. The molecule has 0 N–H and O–H groups in total. The van der Waals surface area contributed by atoms with Gasteiger partial charge in [-0.2, -0.15) is 0 Å². The molecule has 88 valence electrons. The molecule has 0 aliphatic carbocycles. The van der Waals surface area contributed by atoms with Gasteiger partial charge in [0, 0.05) is 6.92 Å². The molecule has 1 aromatic rings. The number of esters is 1. The highest BCUT2D eigenvalue weighted by Gasteiger charge is 2.08. The van der Waals surface area contributed by atoms with Gasteiger partial charge in [-0.25, -0.2) is 0 Å². The van der Waals surface area contributed by atoms with Gasteiger partial charge in [0.2, 0.25) is 0 Å². The van der Waals surface area contributed by atoms with Crippen LogP contribution in [-0.4, -0.2) is 18.7 Å². The number of rotatable bonds is 4. The van der Waals surface area contributed by atoms with Crippen molar-refractivity contribution in [2.24, 2.45) is 0 Å². The van der Waals surface area contributed by atoms with Crippen molar-refractivity contribution in [3.8, 4) is 5.75 Å². The topological polar surface area (TPSA) is 35.5 Å². The van der Waals surface area contributed by atoms with Crippen molar-refractivity contribution in [1.29, 1.82) is 0 Å². The van der Waals surface area contributed by atoms with Crippen LogP contribution in [0, 0.1) is 13.8 Å². The molecule has 3 nitrogen and oxygen atoms in total. The molecule has 0 saturated carbocycles. The number of para-hydroxylation sites is 1. The van der Waals surface area contributed by atoms with Crippen molar-refractivity contribution in [3.63, 3.8) is 0 Å². The summed E-state index contributed by atoms with van der Waals surface area (Å²) in [5.41, 5.74) is 2.19. The van der Waals surface area contributed by atoms with Crippen molar-refractivity contribution in [2.45, 2.75) is 33.8 Å². The van der Waals surface area contributed by atoms with Crippen LogP contribution in [0.3, 0.4) is 0 Å². The number of carbonyl (C=O) groups is 1. The van der Waals surface area contributed by atoms with Crippen LogP contribution in [0.2, 0.25) is 0 Å². The van der Waals surface area contributed by atoms with Crippen molar-refractivity contribution in [3.05, 3.63) is 29.3 Å². The molecule has 3 heteroatoms. The fraction of sp³-hybridized carbons (Fsp3) is 0.462. The molecular weight excluding hydrogens is 204 g/mol. The highest BCUT2D eigenvalue weighted by molar-refractivity contribution is 5.66. The molecule has 0 radical (unpaired) electrons. The van der Waals surface area contributed by atoms with Crippen LogP contribution in [0.4, 0.5) is 0 Å². The number of carbonyl (C=O) groups excluding carboxylic acids is 1. The van der Waals surface area contributed by atoms with Crippen molar-refractivity contribution in [2.75, 3.05) is 6.61 Å². The Labute approximate surface area is 96.4 Å². The fourth-order valence-corrected chi connectivity index (χ4v) is 1.54. The molecule has 1 atom stereocenters.